The zero-order chi connectivity index (χ0) is 12.6. The molecule has 5 heteroatoms. The highest BCUT2D eigenvalue weighted by atomic mass is 79.9. The number of hydrogen-bond acceptors (Lipinski definition) is 2. The standard InChI is InChI=1S/C12H10Br2FNS/c1-6-3-2-4-7(10(6)15)11(16)8-5-9(13)17-12(8)14/h2-5,11H,16H2,1H3. The van der Waals surface area contributed by atoms with Gasteiger partial charge in [-0.1, -0.05) is 18.2 Å². The lowest BCUT2D eigenvalue weighted by molar-refractivity contribution is 0.591. The molecule has 0 aliphatic heterocycles. The van der Waals surface area contributed by atoms with Gasteiger partial charge in [-0.2, -0.15) is 0 Å². The molecular formula is C12H10Br2FNS. The van der Waals surface area contributed by atoms with Crippen molar-refractivity contribution in [3.63, 3.8) is 0 Å². The van der Waals surface area contributed by atoms with Gasteiger partial charge in [0.05, 0.1) is 13.6 Å². The Morgan fingerprint density at radius 3 is 2.59 bits per heavy atom. The molecule has 1 unspecified atom stereocenters. The van der Waals surface area contributed by atoms with Crippen LogP contribution in [0, 0.1) is 12.7 Å². The van der Waals surface area contributed by atoms with Crippen molar-refractivity contribution in [2.45, 2.75) is 13.0 Å². The lowest BCUT2D eigenvalue weighted by atomic mass is 10.00. The number of hydrogen-bond donors (Lipinski definition) is 1. The Morgan fingerprint density at radius 2 is 2.00 bits per heavy atom. The van der Waals surface area contributed by atoms with Crippen LogP contribution in [0.3, 0.4) is 0 Å². The van der Waals surface area contributed by atoms with Gasteiger partial charge in [0.1, 0.15) is 5.82 Å². The molecule has 17 heavy (non-hydrogen) atoms. The Balaban J connectivity index is 2.47. The summed E-state index contributed by atoms with van der Waals surface area (Å²) in [6.07, 6.45) is 0. The zero-order valence-electron chi connectivity index (χ0n) is 9.01. The molecule has 0 radical (unpaired) electrons. The van der Waals surface area contributed by atoms with Crippen LogP contribution in [0.2, 0.25) is 0 Å². The van der Waals surface area contributed by atoms with Crippen LogP contribution >= 0.6 is 43.2 Å². The summed E-state index contributed by atoms with van der Waals surface area (Å²) < 4.78 is 15.9. The van der Waals surface area contributed by atoms with E-state index in [1.807, 2.05) is 12.1 Å². The molecule has 2 rings (SSSR count). The van der Waals surface area contributed by atoms with E-state index in [-0.39, 0.29) is 5.82 Å². The normalized spacial score (nSPS) is 12.8. The van der Waals surface area contributed by atoms with Gasteiger partial charge in [-0.3, -0.25) is 0 Å². The highest BCUT2D eigenvalue weighted by molar-refractivity contribution is 9.12. The predicted octanol–water partition coefficient (Wildman–Crippen LogP) is 4.77. The van der Waals surface area contributed by atoms with E-state index < -0.39 is 6.04 Å². The molecule has 0 saturated carbocycles. The van der Waals surface area contributed by atoms with Crippen molar-refractivity contribution >= 4 is 43.2 Å². The Bertz CT molecular complexity index is 553. The smallest absolute Gasteiger partial charge is 0.131 e. The van der Waals surface area contributed by atoms with E-state index in [2.05, 4.69) is 31.9 Å². The highest BCUT2D eigenvalue weighted by Crippen LogP contribution is 2.37. The third-order valence-corrected chi connectivity index (χ3v) is 4.96. The maximum atomic E-state index is 14.0. The summed E-state index contributed by atoms with van der Waals surface area (Å²) in [7, 11) is 0. The van der Waals surface area contributed by atoms with Crippen LogP contribution in [0.15, 0.2) is 31.8 Å². The summed E-state index contributed by atoms with van der Waals surface area (Å²) in [5, 5.41) is 0. The fourth-order valence-electron chi connectivity index (χ4n) is 1.64. The Hall–Kier alpha value is -0.230. The number of nitrogens with two attached hydrogens (primary N) is 1. The Labute approximate surface area is 120 Å². The number of aryl methyl sites for hydroxylation is 1. The van der Waals surface area contributed by atoms with Crippen molar-refractivity contribution in [2.75, 3.05) is 0 Å². The van der Waals surface area contributed by atoms with Crippen LogP contribution in [0.4, 0.5) is 4.39 Å². The maximum absolute atomic E-state index is 14.0. The first-order valence-electron chi connectivity index (χ1n) is 4.96. The minimum atomic E-state index is -0.452. The molecule has 1 atom stereocenters. The van der Waals surface area contributed by atoms with Crippen molar-refractivity contribution < 1.29 is 4.39 Å². The molecule has 0 bridgehead atoms. The lowest BCUT2D eigenvalue weighted by Crippen LogP contribution is -2.13. The van der Waals surface area contributed by atoms with Crippen molar-refractivity contribution in [1.29, 1.82) is 0 Å². The average Bonchev–Trinajstić information content (AvgIpc) is 2.61. The second-order valence-corrected chi connectivity index (χ2v) is 7.48. The topological polar surface area (TPSA) is 26.0 Å². The zero-order valence-corrected chi connectivity index (χ0v) is 13.0. The molecule has 2 N–H and O–H groups in total. The van der Waals surface area contributed by atoms with Gasteiger partial charge in [0.15, 0.2) is 0 Å². The monoisotopic (exact) mass is 377 g/mol. The summed E-state index contributed by atoms with van der Waals surface area (Å²) in [5.74, 6) is -0.228. The SMILES string of the molecule is Cc1cccc(C(N)c2cc(Br)sc2Br)c1F. The van der Waals surface area contributed by atoms with Gasteiger partial charge < -0.3 is 5.73 Å². The summed E-state index contributed by atoms with van der Waals surface area (Å²) in [5.41, 5.74) is 8.15. The minimum absolute atomic E-state index is 0.228. The molecule has 0 fully saturated rings. The largest absolute Gasteiger partial charge is 0.320 e. The van der Waals surface area contributed by atoms with Crippen LogP contribution in [0.5, 0.6) is 0 Å². The molecule has 1 heterocycles. The fraction of sp³-hybridized carbons (Fsp3) is 0.167. The Kier molecular flexibility index (Phi) is 4.02. The molecule has 2 aromatic rings. The summed E-state index contributed by atoms with van der Waals surface area (Å²) >= 11 is 8.37. The molecule has 0 spiro atoms. The highest BCUT2D eigenvalue weighted by Gasteiger charge is 2.18. The predicted molar refractivity (Wildman–Crippen MR) is 76.9 cm³/mol. The number of benzene rings is 1. The number of thiophene rings is 1. The third kappa shape index (κ3) is 2.62. The van der Waals surface area contributed by atoms with E-state index in [1.54, 1.807) is 19.1 Å². The van der Waals surface area contributed by atoms with Crippen LogP contribution in [-0.2, 0) is 0 Å². The first-order valence-corrected chi connectivity index (χ1v) is 7.36. The molecule has 1 aromatic heterocycles. The molecule has 1 aromatic carbocycles. The first-order chi connectivity index (χ1) is 8.00. The van der Waals surface area contributed by atoms with Gasteiger partial charge in [0.2, 0.25) is 0 Å². The van der Waals surface area contributed by atoms with Crippen LogP contribution in [0.25, 0.3) is 0 Å². The summed E-state index contributed by atoms with van der Waals surface area (Å²) in [6.45, 7) is 1.74. The lowest BCUT2D eigenvalue weighted by Gasteiger charge is -2.13. The van der Waals surface area contributed by atoms with Crippen LogP contribution < -0.4 is 5.73 Å². The van der Waals surface area contributed by atoms with E-state index in [4.69, 9.17) is 5.73 Å². The number of rotatable bonds is 2. The van der Waals surface area contributed by atoms with E-state index in [0.717, 1.165) is 13.1 Å². The summed E-state index contributed by atoms with van der Waals surface area (Å²) in [4.78, 5) is 0. The van der Waals surface area contributed by atoms with Gasteiger partial charge in [-0.05, 0) is 56.0 Å². The maximum Gasteiger partial charge on any atom is 0.131 e. The molecule has 0 aliphatic carbocycles. The van der Waals surface area contributed by atoms with Gasteiger partial charge in [0.25, 0.3) is 0 Å². The van der Waals surface area contributed by atoms with Crippen molar-refractivity contribution in [3.05, 3.63) is 54.3 Å². The van der Waals surface area contributed by atoms with E-state index in [0.29, 0.717) is 11.1 Å². The molecule has 0 saturated heterocycles. The minimum Gasteiger partial charge on any atom is -0.320 e. The first kappa shape index (κ1) is 13.2. The van der Waals surface area contributed by atoms with E-state index in [9.17, 15) is 4.39 Å². The quantitative estimate of drug-likeness (QED) is 0.800. The van der Waals surface area contributed by atoms with Crippen LogP contribution in [0.1, 0.15) is 22.7 Å². The van der Waals surface area contributed by atoms with Crippen LogP contribution in [-0.4, -0.2) is 0 Å². The molecule has 0 aliphatic rings. The van der Waals surface area contributed by atoms with E-state index >= 15 is 0 Å². The summed E-state index contributed by atoms with van der Waals surface area (Å²) in [6, 6.07) is 6.76. The van der Waals surface area contributed by atoms with Gasteiger partial charge in [-0.25, -0.2) is 4.39 Å². The molecule has 90 valence electrons. The second kappa shape index (κ2) is 5.18. The van der Waals surface area contributed by atoms with Crippen molar-refractivity contribution in [3.8, 4) is 0 Å². The van der Waals surface area contributed by atoms with Gasteiger partial charge in [0, 0.05) is 5.56 Å². The fourth-order valence-corrected chi connectivity index (χ4v) is 4.57. The number of halogens is 3. The van der Waals surface area contributed by atoms with E-state index in [1.165, 1.54) is 11.3 Å². The average molecular weight is 379 g/mol. The third-order valence-electron chi connectivity index (χ3n) is 2.57. The Morgan fingerprint density at radius 1 is 1.29 bits per heavy atom. The molecule has 0 amide bonds. The van der Waals surface area contributed by atoms with Gasteiger partial charge >= 0.3 is 0 Å². The second-order valence-electron chi connectivity index (χ2n) is 3.74. The van der Waals surface area contributed by atoms with Crippen molar-refractivity contribution in [2.24, 2.45) is 5.73 Å². The molecular weight excluding hydrogens is 369 g/mol. The van der Waals surface area contributed by atoms with Crippen molar-refractivity contribution in [1.82, 2.24) is 0 Å². The van der Waals surface area contributed by atoms with Gasteiger partial charge in [-0.15, -0.1) is 11.3 Å². The molecule has 1 nitrogen and oxygen atoms in total.